The van der Waals surface area contributed by atoms with Crippen LogP contribution in [0.1, 0.15) is 19.0 Å². The minimum atomic E-state index is -0.168. The molecule has 0 saturated carbocycles. The van der Waals surface area contributed by atoms with Crippen molar-refractivity contribution in [3.63, 3.8) is 0 Å². The number of nitrogens with zero attached hydrogens (tertiary/aromatic N) is 6. The third kappa shape index (κ3) is 3.90. The van der Waals surface area contributed by atoms with Crippen LogP contribution < -0.4 is 21.5 Å². The molecule has 5 rings (SSSR count). The van der Waals surface area contributed by atoms with Crippen LogP contribution >= 0.6 is 0 Å². The zero-order chi connectivity index (χ0) is 22.8. The molecule has 0 atom stereocenters. The van der Waals surface area contributed by atoms with Crippen molar-refractivity contribution in [1.29, 1.82) is 0 Å². The molecule has 0 amide bonds. The van der Waals surface area contributed by atoms with E-state index in [1.54, 1.807) is 24.0 Å². The molecule has 4 heterocycles. The summed E-state index contributed by atoms with van der Waals surface area (Å²) in [5.74, 6) is 6.86. The van der Waals surface area contributed by atoms with Crippen molar-refractivity contribution >= 4 is 33.6 Å². The van der Waals surface area contributed by atoms with Crippen LogP contribution in [0.2, 0.25) is 0 Å². The fraction of sp³-hybridized carbons (Fsp3) is 0.333. The predicted molar refractivity (Wildman–Crippen MR) is 130 cm³/mol. The van der Waals surface area contributed by atoms with E-state index in [-0.39, 0.29) is 12.1 Å². The summed E-state index contributed by atoms with van der Waals surface area (Å²) in [5.41, 5.74) is 10.2. The molecule has 1 fully saturated rings. The lowest BCUT2D eigenvalue weighted by Gasteiger charge is -2.24. The third-order valence-electron chi connectivity index (χ3n) is 5.92. The summed E-state index contributed by atoms with van der Waals surface area (Å²) in [6.45, 7) is 5.92. The van der Waals surface area contributed by atoms with E-state index in [0.29, 0.717) is 29.0 Å². The second kappa shape index (κ2) is 8.92. The minimum absolute atomic E-state index is 0.168. The van der Waals surface area contributed by atoms with Gasteiger partial charge in [0.1, 0.15) is 22.5 Å². The first-order valence-electron chi connectivity index (χ1n) is 11.1. The van der Waals surface area contributed by atoms with Crippen LogP contribution in [0.3, 0.4) is 0 Å². The summed E-state index contributed by atoms with van der Waals surface area (Å²) in [6.07, 6.45) is 4.24. The first-order valence-corrected chi connectivity index (χ1v) is 11.1. The lowest BCUT2D eigenvalue weighted by molar-refractivity contribution is 0.715. The Morgan fingerprint density at radius 2 is 2.00 bits per heavy atom. The average molecular weight is 443 g/mol. The van der Waals surface area contributed by atoms with Gasteiger partial charge in [-0.1, -0.05) is 18.1 Å². The van der Waals surface area contributed by atoms with Crippen molar-refractivity contribution in [2.45, 2.75) is 26.4 Å². The number of aromatic nitrogens is 5. The lowest BCUT2D eigenvalue weighted by atomic mass is 10.3. The summed E-state index contributed by atoms with van der Waals surface area (Å²) >= 11 is 0. The Bertz CT molecular complexity index is 1430. The number of benzene rings is 1. The lowest BCUT2D eigenvalue weighted by Crippen LogP contribution is -2.31. The first kappa shape index (κ1) is 21.0. The van der Waals surface area contributed by atoms with Crippen molar-refractivity contribution < 1.29 is 0 Å². The number of nitrogens with two attached hydrogens (primary N) is 1. The molecule has 0 radical (unpaired) electrons. The monoisotopic (exact) mass is 442 g/mol. The maximum absolute atomic E-state index is 13.6. The second-order valence-electron chi connectivity index (χ2n) is 8.07. The van der Waals surface area contributed by atoms with Crippen LogP contribution in [-0.4, -0.2) is 50.3 Å². The van der Waals surface area contributed by atoms with Crippen molar-refractivity contribution in [2.75, 3.05) is 36.8 Å². The maximum Gasteiger partial charge on any atom is 0.278 e. The van der Waals surface area contributed by atoms with Crippen molar-refractivity contribution in [2.24, 2.45) is 0 Å². The van der Waals surface area contributed by atoms with Crippen molar-refractivity contribution in [3.05, 3.63) is 52.8 Å². The Kier molecular flexibility index (Phi) is 5.67. The number of nitrogens with one attached hydrogen (secondary N) is 1. The predicted octanol–water partition coefficient (Wildman–Crippen LogP) is 1.59. The molecule has 33 heavy (non-hydrogen) atoms. The molecule has 1 aromatic carbocycles. The molecule has 1 aliphatic rings. The third-order valence-corrected chi connectivity index (χ3v) is 5.92. The van der Waals surface area contributed by atoms with E-state index in [4.69, 9.17) is 5.73 Å². The van der Waals surface area contributed by atoms with Crippen LogP contribution in [0.4, 0.5) is 11.5 Å². The van der Waals surface area contributed by atoms with Crippen molar-refractivity contribution in [1.82, 2.24) is 29.4 Å². The quantitative estimate of drug-likeness (QED) is 0.462. The minimum Gasteiger partial charge on any atom is -0.394 e. The Morgan fingerprint density at radius 1 is 1.15 bits per heavy atom. The Labute approximate surface area is 191 Å². The Balaban J connectivity index is 1.62. The molecule has 1 aliphatic heterocycles. The normalized spacial score (nSPS) is 14.3. The van der Waals surface area contributed by atoms with Gasteiger partial charge in [-0.15, -0.1) is 5.92 Å². The molecule has 4 aromatic rings. The van der Waals surface area contributed by atoms with Gasteiger partial charge in [0.05, 0.1) is 42.3 Å². The molecule has 9 heteroatoms. The van der Waals surface area contributed by atoms with Gasteiger partial charge in [-0.25, -0.2) is 9.97 Å². The topological polar surface area (TPSA) is 107 Å². The molecule has 0 bridgehead atoms. The summed E-state index contributed by atoms with van der Waals surface area (Å²) in [5, 5.41) is 3.41. The number of hydrogen-bond acceptors (Lipinski definition) is 7. The van der Waals surface area contributed by atoms with E-state index in [9.17, 15) is 4.79 Å². The van der Waals surface area contributed by atoms with Crippen LogP contribution in [-0.2, 0) is 13.1 Å². The molecule has 168 valence electrons. The number of anilines is 2. The number of rotatable bonds is 4. The highest BCUT2D eigenvalue weighted by Crippen LogP contribution is 2.33. The van der Waals surface area contributed by atoms with Gasteiger partial charge < -0.3 is 20.5 Å². The standard InChI is InChI=1S/C24H26N8O/c1-2-3-12-32-22-21(20(25)23(32)30-11-6-9-26-10-13-30)28-16-31(24(22)33)15-17-14-27-18-7-4-5-8-19(18)29-17/h4-5,7-8,14,16,26H,6,9-13,15,25H2,1H3. The molecule has 0 spiro atoms. The maximum atomic E-state index is 13.6. The number of fused-ring (bicyclic) bond motifs is 2. The van der Waals surface area contributed by atoms with E-state index >= 15 is 0 Å². The van der Waals surface area contributed by atoms with E-state index in [1.807, 2.05) is 28.8 Å². The van der Waals surface area contributed by atoms with Gasteiger partial charge in [0.15, 0.2) is 0 Å². The first-order chi connectivity index (χ1) is 16.2. The number of para-hydroxylation sites is 2. The highest BCUT2D eigenvalue weighted by atomic mass is 16.1. The second-order valence-corrected chi connectivity index (χ2v) is 8.07. The summed E-state index contributed by atoms with van der Waals surface area (Å²) in [7, 11) is 0. The van der Waals surface area contributed by atoms with Crippen LogP contribution in [0.25, 0.3) is 22.1 Å². The summed E-state index contributed by atoms with van der Waals surface area (Å²) in [6, 6.07) is 7.67. The fourth-order valence-electron chi connectivity index (χ4n) is 4.35. The largest absolute Gasteiger partial charge is 0.394 e. The Hall–Kier alpha value is -3.90. The van der Waals surface area contributed by atoms with Gasteiger partial charge in [0.25, 0.3) is 5.56 Å². The van der Waals surface area contributed by atoms with Gasteiger partial charge in [-0.05, 0) is 32.0 Å². The zero-order valence-corrected chi connectivity index (χ0v) is 18.6. The molecule has 1 saturated heterocycles. The van der Waals surface area contributed by atoms with E-state index < -0.39 is 0 Å². The van der Waals surface area contributed by atoms with Gasteiger partial charge in [0, 0.05) is 19.6 Å². The highest BCUT2D eigenvalue weighted by molar-refractivity contribution is 5.96. The number of nitrogen functional groups attached to an aromatic ring is 1. The highest BCUT2D eigenvalue weighted by Gasteiger charge is 2.24. The van der Waals surface area contributed by atoms with E-state index in [2.05, 4.69) is 37.0 Å². The summed E-state index contributed by atoms with van der Waals surface area (Å²) < 4.78 is 3.48. The van der Waals surface area contributed by atoms with Gasteiger partial charge in [-0.2, -0.15) is 0 Å². The summed E-state index contributed by atoms with van der Waals surface area (Å²) in [4.78, 5) is 29.5. The molecule has 9 nitrogen and oxygen atoms in total. The van der Waals surface area contributed by atoms with Crippen LogP contribution in [0.5, 0.6) is 0 Å². The zero-order valence-electron chi connectivity index (χ0n) is 18.6. The molecule has 3 N–H and O–H groups in total. The number of hydrogen-bond donors (Lipinski definition) is 2. The molecule has 0 unspecified atom stereocenters. The fourth-order valence-corrected chi connectivity index (χ4v) is 4.35. The smallest absolute Gasteiger partial charge is 0.278 e. The molecule has 0 aliphatic carbocycles. The van der Waals surface area contributed by atoms with Gasteiger partial charge in [0.2, 0.25) is 0 Å². The molecular formula is C24H26N8O. The molecule has 3 aromatic heterocycles. The SMILES string of the molecule is CC#CCn1c(N2CCCNCC2)c(N)c2ncn(Cc3cnc4ccccc4n3)c(=O)c21. The Morgan fingerprint density at radius 3 is 2.85 bits per heavy atom. The van der Waals surface area contributed by atoms with Crippen molar-refractivity contribution in [3.8, 4) is 11.8 Å². The van der Waals surface area contributed by atoms with Gasteiger partial charge in [-0.3, -0.25) is 14.3 Å². The average Bonchev–Trinajstić information content (AvgIpc) is 2.98. The van der Waals surface area contributed by atoms with Crippen LogP contribution in [0.15, 0.2) is 41.6 Å². The molecular weight excluding hydrogens is 416 g/mol. The van der Waals surface area contributed by atoms with E-state index in [0.717, 1.165) is 49.5 Å². The van der Waals surface area contributed by atoms with E-state index in [1.165, 1.54) is 0 Å². The van der Waals surface area contributed by atoms with Crippen LogP contribution in [0, 0.1) is 11.8 Å². The van der Waals surface area contributed by atoms with Gasteiger partial charge >= 0.3 is 0 Å².